The van der Waals surface area contributed by atoms with Crippen LogP contribution in [0, 0.1) is 5.92 Å². The quantitative estimate of drug-likeness (QED) is 0.392. The van der Waals surface area contributed by atoms with Gasteiger partial charge in [0.05, 0.1) is 22.1 Å². The Morgan fingerprint density at radius 3 is 2.57 bits per heavy atom. The zero-order chi connectivity index (χ0) is 26.7. The number of unbranched alkanes of at least 4 members (excludes halogenated alkanes) is 1. The number of nitrogens with zero attached hydrogens (tertiary/aromatic N) is 4. The van der Waals surface area contributed by atoms with Crippen LogP contribution >= 0.6 is 22.9 Å². The molecule has 196 valence electrons. The molecule has 2 heterocycles. The van der Waals surface area contributed by atoms with Gasteiger partial charge in [-0.05, 0) is 30.2 Å². The van der Waals surface area contributed by atoms with Crippen LogP contribution in [0.3, 0.4) is 0 Å². The van der Waals surface area contributed by atoms with Gasteiger partial charge >= 0.3 is 6.18 Å². The summed E-state index contributed by atoms with van der Waals surface area (Å²) in [6.45, 7) is 3.40. The van der Waals surface area contributed by atoms with E-state index in [9.17, 15) is 22.8 Å². The minimum Gasteiger partial charge on any atom is -0.369 e. The lowest BCUT2D eigenvalue weighted by molar-refractivity contribution is -0.137. The molecule has 1 aliphatic rings. The number of benzene rings is 2. The molecule has 0 unspecified atom stereocenters. The maximum atomic E-state index is 14.0. The van der Waals surface area contributed by atoms with Gasteiger partial charge in [0.15, 0.2) is 0 Å². The fraction of sp³-hybridized carbons (Fsp3) is 0.360. The molecule has 0 aliphatic carbocycles. The summed E-state index contributed by atoms with van der Waals surface area (Å²) in [7, 11) is 0. The van der Waals surface area contributed by atoms with Crippen LogP contribution < -0.4 is 10.6 Å². The van der Waals surface area contributed by atoms with E-state index in [1.165, 1.54) is 11.0 Å². The smallest absolute Gasteiger partial charge is 0.369 e. The summed E-state index contributed by atoms with van der Waals surface area (Å²) >= 11 is 7.13. The van der Waals surface area contributed by atoms with E-state index in [1.807, 2.05) is 11.8 Å². The summed E-state index contributed by atoms with van der Waals surface area (Å²) in [5, 5.41) is 8.62. The van der Waals surface area contributed by atoms with Gasteiger partial charge in [0.25, 0.3) is 5.91 Å². The SMILES string of the molecule is CCCCN(C(=O)c1ccccc1Cl)c1nnc(-c2ccc(CN3CC(C(N)=O)C3)cc2C(F)(F)F)s1. The van der Waals surface area contributed by atoms with Crippen molar-refractivity contribution < 1.29 is 22.8 Å². The number of aromatic nitrogens is 2. The molecule has 12 heteroatoms. The molecule has 4 rings (SSSR count). The number of primary amides is 1. The number of hydrogen-bond acceptors (Lipinski definition) is 6. The molecule has 0 radical (unpaired) electrons. The predicted molar refractivity (Wildman–Crippen MR) is 136 cm³/mol. The van der Waals surface area contributed by atoms with Crippen molar-refractivity contribution in [3.8, 4) is 10.6 Å². The largest absolute Gasteiger partial charge is 0.417 e. The lowest BCUT2D eigenvalue weighted by Gasteiger charge is -2.37. The van der Waals surface area contributed by atoms with E-state index >= 15 is 0 Å². The first-order chi connectivity index (χ1) is 17.6. The summed E-state index contributed by atoms with van der Waals surface area (Å²) in [6.07, 6.45) is -3.16. The van der Waals surface area contributed by atoms with Crippen LogP contribution in [-0.2, 0) is 17.5 Å². The van der Waals surface area contributed by atoms with Crippen molar-refractivity contribution in [1.29, 1.82) is 0 Å². The second-order valence-corrected chi connectivity index (χ2v) is 10.2. The molecule has 37 heavy (non-hydrogen) atoms. The minimum absolute atomic E-state index is 0.0556. The molecule has 1 saturated heterocycles. The number of amides is 2. The third-order valence-electron chi connectivity index (χ3n) is 6.12. The highest BCUT2D eigenvalue weighted by molar-refractivity contribution is 7.18. The van der Waals surface area contributed by atoms with E-state index in [4.69, 9.17) is 17.3 Å². The van der Waals surface area contributed by atoms with Gasteiger partial charge in [-0.25, -0.2) is 0 Å². The summed E-state index contributed by atoms with van der Waals surface area (Å²) in [4.78, 5) is 27.7. The highest BCUT2D eigenvalue weighted by Gasteiger charge is 2.36. The van der Waals surface area contributed by atoms with Gasteiger partial charge in [0.1, 0.15) is 5.01 Å². The third-order valence-corrected chi connectivity index (χ3v) is 7.42. The van der Waals surface area contributed by atoms with Gasteiger partial charge in [-0.1, -0.05) is 60.5 Å². The fourth-order valence-electron chi connectivity index (χ4n) is 4.06. The molecule has 1 aliphatic heterocycles. The Morgan fingerprint density at radius 1 is 1.19 bits per heavy atom. The zero-order valence-corrected chi connectivity index (χ0v) is 21.5. The van der Waals surface area contributed by atoms with E-state index in [0.29, 0.717) is 31.6 Å². The summed E-state index contributed by atoms with van der Waals surface area (Å²) in [6, 6.07) is 10.7. The van der Waals surface area contributed by atoms with E-state index in [1.54, 1.807) is 30.3 Å². The normalized spacial score (nSPS) is 14.4. The van der Waals surface area contributed by atoms with Crippen LogP contribution in [0.25, 0.3) is 10.6 Å². The van der Waals surface area contributed by atoms with Crippen molar-refractivity contribution in [3.63, 3.8) is 0 Å². The number of nitrogens with two attached hydrogens (primary N) is 1. The summed E-state index contributed by atoms with van der Waals surface area (Å²) < 4.78 is 42.1. The monoisotopic (exact) mass is 551 g/mol. The maximum absolute atomic E-state index is 14.0. The number of rotatable bonds is 9. The van der Waals surface area contributed by atoms with Crippen molar-refractivity contribution in [1.82, 2.24) is 15.1 Å². The predicted octanol–water partition coefficient (Wildman–Crippen LogP) is 5.24. The number of hydrogen-bond donors (Lipinski definition) is 1. The molecule has 2 amide bonds. The standard InChI is InChI=1S/C25H25ClF3N5O2S/c1-2-3-10-34(23(36)18-6-4-5-7-20(18)26)24-32-31-22(37-24)17-9-8-15(11-19(17)25(27,28)29)12-33-13-16(14-33)21(30)35/h4-9,11,16H,2-3,10,12-14H2,1H3,(H2,30,35). The van der Waals surface area contributed by atoms with Crippen molar-refractivity contribution in [2.24, 2.45) is 11.7 Å². The lowest BCUT2D eigenvalue weighted by atomic mass is 9.97. The average Bonchev–Trinajstić information content (AvgIpc) is 3.30. The third kappa shape index (κ3) is 6.11. The van der Waals surface area contributed by atoms with Gasteiger partial charge in [0, 0.05) is 31.7 Å². The number of halogens is 4. The molecule has 0 atom stereocenters. The summed E-state index contributed by atoms with van der Waals surface area (Å²) in [5.74, 6) is -1.07. The van der Waals surface area contributed by atoms with Crippen molar-refractivity contribution in [3.05, 3.63) is 64.2 Å². The second-order valence-electron chi connectivity index (χ2n) is 8.85. The van der Waals surface area contributed by atoms with Gasteiger partial charge in [0.2, 0.25) is 11.0 Å². The Labute approximate surface area is 221 Å². The highest BCUT2D eigenvalue weighted by atomic mass is 35.5. The number of carbonyl (C=O) groups excluding carboxylic acids is 2. The minimum atomic E-state index is -4.63. The summed E-state index contributed by atoms with van der Waals surface area (Å²) in [5.41, 5.74) is 5.06. The molecule has 1 aromatic heterocycles. The molecular weight excluding hydrogens is 527 g/mol. The molecule has 1 fully saturated rings. The number of carbonyl (C=O) groups is 2. The zero-order valence-electron chi connectivity index (χ0n) is 20.0. The van der Waals surface area contributed by atoms with Crippen molar-refractivity contribution in [2.75, 3.05) is 24.5 Å². The molecule has 0 bridgehead atoms. The van der Waals surface area contributed by atoms with Crippen LogP contribution in [0.5, 0.6) is 0 Å². The molecule has 7 nitrogen and oxygen atoms in total. The molecule has 3 aromatic rings. The van der Waals surface area contributed by atoms with Gasteiger partial charge in [-0.3, -0.25) is 19.4 Å². The fourth-order valence-corrected chi connectivity index (χ4v) is 5.19. The number of anilines is 1. The topological polar surface area (TPSA) is 92.4 Å². The number of likely N-dealkylation sites (tertiary alicyclic amines) is 1. The molecule has 0 saturated carbocycles. The Bertz CT molecular complexity index is 1290. The van der Waals surface area contributed by atoms with Gasteiger partial charge < -0.3 is 5.73 Å². The van der Waals surface area contributed by atoms with Crippen molar-refractivity contribution in [2.45, 2.75) is 32.5 Å². The van der Waals surface area contributed by atoms with Crippen LogP contribution in [0.4, 0.5) is 18.3 Å². The lowest BCUT2D eigenvalue weighted by Crippen LogP contribution is -2.51. The van der Waals surface area contributed by atoms with Crippen molar-refractivity contribution >= 4 is 39.9 Å². The first-order valence-electron chi connectivity index (χ1n) is 11.7. The maximum Gasteiger partial charge on any atom is 0.417 e. The first kappa shape index (κ1) is 27.0. The van der Waals surface area contributed by atoms with E-state index in [0.717, 1.165) is 23.8 Å². The highest BCUT2D eigenvalue weighted by Crippen LogP contribution is 2.40. The Morgan fingerprint density at radius 2 is 1.92 bits per heavy atom. The van der Waals surface area contributed by atoms with E-state index < -0.39 is 23.6 Å². The molecule has 0 spiro atoms. The van der Waals surface area contributed by atoms with Crippen LogP contribution in [0.15, 0.2) is 42.5 Å². The first-order valence-corrected chi connectivity index (χ1v) is 12.9. The van der Waals surface area contributed by atoms with Crippen LogP contribution in [0.1, 0.15) is 41.3 Å². The Kier molecular flexibility index (Phi) is 8.15. The second kappa shape index (κ2) is 11.2. The van der Waals surface area contributed by atoms with Gasteiger partial charge in [-0.15, -0.1) is 10.2 Å². The van der Waals surface area contributed by atoms with Crippen LogP contribution in [-0.4, -0.2) is 46.5 Å². The molecule has 2 aromatic carbocycles. The Hall–Kier alpha value is -3.02. The molecular formula is C25H25ClF3N5O2S. The van der Waals surface area contributed by atoms with E-state index in [2.05, 4.69) is 10.2 Å². The number of alkyl halides is 3. The Balaban J connectivity index is 1.62. The molecule has 2 N–H and O–H groups in total. The van der Waals surface area contributed by atoms with Gasteiger partial charge in [-0.2, -0.15) is 13.2 Å². The van der Waals surface area contributed by atoms with E-state index in [-0.39, 0.29) is 38.8 Å². The average molecular weight is 552 g/mol. The van der Waals surface area contributed by atoms with Crippen LogP contribution in [0.2, 0.25) is 5.02 Å².